The monoisotopic (exact) mass is 553 g/mol. The van der Waals surface area contributed by atoms with Gasteiger partial charge in [-0.3, -0.25) is 9.69 Å². The molecule has 0 bridgehead atoms. The Morgan fingerprint density at radius 2 is 1.95 bits per heavy atom. The summed E-state index contributed by atoms with van der Waals surface area (Å²) in [5, 5.41) is 3.81. The number of thiophene rings is 1. The maximum atomic E-state index is 13.4. The number of aromatic nitrogens is 2. The van der Waals surface area contributed by atoms with Gasteiger partial charge >= 0.3 is 12.3 Å². The van der Waals surface area contributed by atoms with Crippen molar-refractivity contribution in [1.82, 2.24) is 20.2 Å². The number of nitrogens with zero attached hydrogens (tertiary/aromatic N) is 4. The predicted octanol–water partition coefficient (Wildman–Crippen LogP) is 5.06. The molecule has 0 radical (unpaired) electrons. The van der Waals surface area contributed by atoms with E-state index in [1.807, 2.05) is 20.8 Å². The molecular weight excluding hydrogens is 519 g/mol. The Bertz CT molecular complexity index is 1210. The largest absolute Gasteiger partial charge is 0.444 e. The lowest BCUT2D eigenvalue weighted by Gasteiger charge is -2.29. The maximum Gasteiger partial charge on any atom is 0.410 e. The standard InChI is InChI=1S/C26H34F3N5O3S/c1-24(2,3)37-23(36)34-14-25(7-8-25)13-19(34)21(35)32-16-5-4-9-33(10-6-16)20-18-11-17(12-26(27,28)29)38-22(18)31-15-30-20/h11,15-16,19H,4-10,12-14H2,1-3H3,(H,32,35)/t16?,19-/m0/s1. The zero-order valence-corrected chi connectivity index (χ0v) is 22.8. The number of amides is 2. The van der Waals surface area contributed by atoms with Crippen molar-refractivity contribution in [3.63, 3.8) is 0 Å². The van der Waals surface area contributed by atoms with Crippen LogP contribution in [0.1, 0.15) is 64.2 Å². The number of fused-ring (bicyclic) bond motifs is 1. The second kappa shape index (κ2) is 9.84. The number of likely N-dealkylation sites (tertiary alicyclic amines) is 1. The minimum Gasteiger partial charge on any atom is -0.444 e. The quantitative estimate of drug-likeness (QED) is 0.570. The zero-order chi connectivity index (χ0) is 27.3. The van der Waals surface area contributed by atoms with Crippen LogP contribution < -0.4 is 10.2 Å². The number of carbonyl (C=O) groups is 2. The summed E-state index contributed by atoms with van der Waals surface area (Å²) in [6, 6.07) is 0.946. The summed E-state index contributed by atoms with van der Waals surface area (Å²) < 4.78 is 44.4. The van der Waals surface area contributed by atoms with Gasteiger partial charge in [0.15, 0.2) is 0 Å². The van der Waals surface area contributed by atoms with Crippen LogP contribution in [0.2, 0.25) is 0 Å². The topological polar surface area (TPSA) is 87.7 Å². The molecule has 1 spiro atoms. The second-order valence-corrected chi connectivity index (χ2v) is 13.0. The Hall–Kier alpha value is -2.63. The molecule has 2 aromatic heterocycles. The van der Waals surface area contributed by atoms with Crippen molar-refractivity contribution in [3.05, 3.63) is 17.3 Å². The van der Waals surface area contributed by atoms with Gasteiger partial charge in [0.05, 0.1) is 11.8 Å². The molecule has 38 heavy (non-hydrogen) atoms. The highest BCUT2D eigenvalue weighted by Gasteiger charge is 2.56. The molecule has 4 heterocycles. The van der Waals surface area contributed by atoms with Crippen LogP contribution in [-0.4, -0.2) is 70.4 Å². The molecule has 2 aromatic rings. The number of hydrogen-bond donors (Lipinski definition) is 1. The number of alkyl halides is 3. The van der Waals surface area contributed by atoms with E-state index in [1.54, 1.807) is 11.0 Å². The number of hydrogen-bond acceptors (Lipinski definition) is 7. The van der Waals surface area contributed by atoms with Gasteiger partial charge in [0.25, 0.3) is 0 Å². The minimum atomic E-state index is -4.28. The van der Waals surface area contributed by atoms with E-state index in [-0.39, 0.29) is 22.2 Å². The van der Waals surface area contributed by atoms with Gasteiger partial charge in [-0.15, -0.1) is 11.3 Å². The molecule has 8 nitrogen and oxygen atoms in total. The van der Waals surface area contributed by atoms with E-state index < -0.39 is 30.3 Å². The van der Waals surface area contributed by atoms with Crippen LogP contribution in [0, 0.1) is 5.41 Å². The Morgan fingerprint density at radius 3 is 2.63 bits per heavy atom. The van der Waals surface area contributed by atoms with Crippen LogP contribution in [0.4, 0.5) is 23.8 Å². The molecule has 2 amide bonds. The van der Waals surface area contributed by atoms with Crippen molar-refractivity contribution < 1.29 is 27.5 Å². The molecule has 12 heteroatoms. The lowest BCUT2D eigenvalue weighted by Crippen LogP contribution is -2.50. The van der Waals surface area contributed by atoms with E-state index in [9.17, 15) is 22.8 Å². The van der Waals surface area contributed by atoms with Gasteiger partial charge in [-0.2, -0.15) is 13.2 Å². The number of nitrogens with one attached hydrogen (secondary N) is 1. The van der Waals surface area contributed by atoms with Crippen molar-refractivity contribution in [3.8, 4) is 0 Å². The van der Waals surface area contributed by atoms with Crippen molar-refractivity contribution in [2.24, 2.45) is 5.41 Å². The Balaban J connectivity index is 1.24. The lowest BCUT2D eigenvalue weighted by molar-refractivity contribution is -0.127. The van der Waals surface area contributed by atoms with E-state index in [0.717, 1.165) is 37.0 Å². The van der Waals surface area contributed by atoms with Crippen LogP contribution in [0.5, 0.6) is 0 Å². The van der Waals surface area contributed by atoms with Crippen LogP contribution in [0.25, 0.3) is 10.2 Å². The smallest absolute Gasteiger partial charge is 0.410 e. The first-order chi connectivity index (χ1) is 17.8. The summed E-state index contributed by atoms with van der Waals surface area (Å²) >= 11 is 1.04. The molecule has 1 saturated carbocycles. The molecule has 3 fully saturated rings. The van der Waals surface area contributed by atoms with Crippen LogP contribution >= 0.6 is 11.3 Å². The molecule has 0 aromatic carbocycles. The summed E-state index contributed by atoms with van der Waals surface area (Å²) in [5.74, 6) is 0.492. The third-order valence-electron chi connectivity index (χ3n) is 7.50. The fourth-order valence-corrected chi connectivity index (χ4v) is 6.54. The Kier molecular flexibility index (Phi) is 6.98. The fraction of sp³-hybridized carbons (Fsp3) is 0.692. The first kappa shape index (κ1) is 27.0. The number of carbonyl (C=O) groups excluding carboxylic acids is 2. The van der Waals surface area contributed by atoms with E-state index in [4.69, 9.17) is 4.74 Å². The Labute approximate surface area is 223 Å². The molecule has 1 N–H and O–H groups in total. The highest BCUT2D eigenvalue weighted by atomic mass is 32.1. The highest BCUT2D eigenvalue weighted by molar-refractivity contribution is 7.18. The van der Waals surface area contributed by atoms with Gasteiger partial charge in [0, 0.05) is 30.6 Å². The predicted molar refractivity (Wildman–Crippen MR) is 138 cm³/mol. The number of halogens is 3. The average molecular weight is 554 g/mol. The van der Waals surface area contributed by atoms with E-state index in [0.29, 0.717) is 48.5 Å². The fourth-order valence-electron chi connectivity index (χ4n) is 5.52. The summed E-state index contributed by atoms with van der Waals surface area (Å²) in [4.78, 5) is 39.3. The van der Waals surface area contributed by atoms with Crippen molar-refractivity contribution in [2.75, 3.05) is 24.5 Å². The Morgan fingerprint density at radius 1 is 1.18 bits per heavy atom. The third-order valence-corrected chi connectivity index (χ3v) is 8.55. The number of rotatable bonds is 4. The van der Waals surface area contributed by atoms with E-state index in [1.165, 1.54) is 6.33 Å². The minimum absolute atomic E-state index is 0.0447. The van der Waals surface area contributed by atoms with Crippen molar-refractivity contribution in [1.29, 1.82) is 0 Å². The summed E-state index contributed by atoms with van der Waals surface area (Å²) in [7, 11) is 0. The van der Waals surface area contributed by atoms with Crippen LogP contribution in [0.15, 0.2) is 12.4 Å². The highest BCUT2D eigenvalue weighted by Crippen LogP contribution is 2.55. The van der Waals surface area contributed by atoms with Crippen LogP contribution in [-0.2, 0) is 16.0 Å². The molecule has 1 aliphatic carbocycles. The molecule has 1 unspecified atom stereocenters. The van der Waals surface area contributed by atoms with Gasteiger partial charge in [-0.05, 0) is 70.8 Å². The summed E-state index contributed by atoms with van der Waals surface area (Å²) in [6.07, 6.45) is 0.630. The number of ether oxygens (including phenoxy) is 1. The third kappa shape index (κ3) is 6.16. The summed E-state index contributed by atoms with van der Waals surface area (Å²) in [6.45, 7) is 7.29. The molecule has 2 atom stereocenters. The van der Waals surface area contributed by atoms with Gasteiger partial charge in [0.2, 0.25) is 5.91 Å². The lowest BCUT2D eigenvalue weighted by atomic mass is 10.0. The molecule has 2 saturated heterocycles. The first-order valence-corrected chi connectivity index (χ1v) is 14.0. The zero-order valence-electron chi connectivity index (χ0n) is 21.9. The van der Waals surface area contributed by atoms with Crippen molar-refractivity contribution in [2.45, 2.75) is 89.6 Å². The number of anilines is 1. The van der Waals surface area contributed by atoms with Gasteiger partial charge in [-0.25, -0.2) is 14.8 Å². The van der Waals surface area contributed by atoms with Crippen LogP contribution in [0.3, 0.4) is 0 Å². The first-order valence-electron chi connectivity index (χ1n) is 13.2. The molecule has 208 valence electrons. The van der Waals surface area contributed by atoms with E-state index >= 15 is 0 Å². The maximum absolute atomic E-state index is 13.4. The average Bonchev–Trinajstić information content (AvgIpc) is 3.34. The summed E-state index contributed by atoms with van der Waals surface area (Å²) in [5.41, 5.74) is -0.590. The molecular formula is C26H34F3N5O3S. The second-order valence-electron chi connectivity index (χ2n) is 11.9. The molecule has 2 aliphatic heterocycles. The van der Waals surface area contributed by atoms with Crippen molar-refractivity contribution >= 4 is 39.4 Å². The normalized spacial score (nSPS) is 23.5. The molecule has 5 rings (SSSR count). The molecule has 3 aliphatic rings. The van der Waals surface area contributed by atoms with Gasteiger partial charge in [-0.1, -0.05) is 0 Å². The van der Waals surface area contributed by atoms with Gasteiger partial charge < -0.3 is 15.0 Å². The SMILES string of the molecule is CC(C)(C)OC(=O)N1CC2(CC2)C[C@H]1C(=O)NC1CCCN(c2ncnc3sc(CC(F)(F)F)cc23)CC1. The van der Waals surface area contributed by atoms with E-state index in [2.05, 4.69) is 20.2 Å². The van der Waals surface area contributed by atoms with Gasteiger partial charge in [0.1, 0.15) is 28.6 Å².